The van der Waals surface area contributed by atoms with E-state index in [1.54, 1.807) is 0 Å². The first-order valence-corrected chi connectivity index (χ1v) is 4.91. The van der Waals surface area contributed by atoms with Gasteiger partial charge in [-0.05, 0) is 18.1 Å². The van der Waals surface area contributed by atoms with E-state index in [2.05, 4.69) is 38.8 Å². The number of rotatable bonds is 1. The van der Waals surface area contributed by atoms with E-state index < -0.39 is 0 Å². The van der Waals surface area contributed by atoms with E-state index in [4.69, 9.17) is 0 Å². The molecule has 0 N–H and O–H groups in total. The quantitative estimate of drug-likeness (QED) is 0.731. The summed E-state index contributed by atoms with van der Waals surface area (Å²) >= 11 is 3.43. The predicted molar refractivity (Wildman–Crippen MR) is 53.3 cm³/mol. The summed E-state index contributed by atoms with van der Waals surface area (Å²) in [6.07, 6.45) is 1.84. The minimum Gasteiger partial charge on any atom is -0.356 e. The van der Waals surface area contributed by atoms with E-state index in [0.717, 1.165) is 29.3 Å². The van der Waals surface area contributed by atoms with Crippen molar-refractivity contribution in [2.24, 2.45) is 5.92 Å². The van der Waals surface area contributed by atoms with E-state index in [-0.39, 0.29) is 0 Å². The summed E-state index contributed by atoms with van der Waals surface area (Å²) in [5.41, 5.74) is 0. The Bertz CT molecular complexity index is 282. The summed E-state index contributed by atoms with van der Waals surface area (Å²) in [5.74, 6) is 1.91. The number of hydrogen-bond donors (Lipinski definition) is 0. The van der Waals surface area contributed by atoms with Crippen molar-refractivity contribution >= 4 is 21.7 Å². The molecule has 3 heteroatoms. The Hall–Kier alpha value is -0.570. The highest BCUT2D eigenvalue weighted by Gasteiger charge is 2.23. The largest absolute Gasteiger partial charge is 0.356 e. The van der Waals surface area contributed by atoms with Gasteiger partial charge in [0.15, 0.2) is 0 Å². The van der Waals surface area contributed by atoms with Crippen LogP contribution >= 0.6 is 15.9 Å². The molecule has 0 unspecified atom stereocenters. The molecule has 0 radical (unpaired) electrons. The SMILES string of the molecule is CC1CN(c2cc(Br)ccn2)C1. The molecule has 2 rings (SSSR count). The van der Waals surface area contributed by atoms with Crippen molar-refractivity contribution in [2.45, 2.75) is 6.92 Å². The molecule has 1 fully saturated rings. The zero-order chi connectivity index (χ0) is 8.55. The lowest BCUT2D eigenvalue weighted by molar-refractivity contribution is 0.443. The van der Waals surface area contributed by atoms with Gasteiger partial charge in [0.2, 0.25) is 0 Å². The van der Waals surface area contributed by atoms with Crippen molar-refractivity contribution in [1.29, 1.82) is 0 Å². The lowest BCUT2D eigenvalue weighted by Crippen LogP contribution is -2.45. The second-order valence-electron chi connectivity index (χ2n) is 3.34. The first-order valence-electron chi connectivity index (χ1n) is 4.12. The van der Waals surface area contributed by atoms with Crippen molar-refractivity contribution in [3.05, 3.63) is 22.8 Å². The van der Waals surface area contributed by atoms with Gasteiger partial charge in [0.1, 0.15) is 5.82 Å². The normalized spacial score (nSPS) is 17.7. The Morgan fingerprint density at radius 3 is 2.92 bits per heavy atom. The maximum atomic E-state index is 4.29. The number of halogens is 1. The zero-order valence-electron chi connectivity index (χ0n) is 7.00. The molecule has 0 amide bonds. The van der Waals surface area contributed by atoms with Crippen LogP contribution in [0.3, 0.4) is 0 Å². The summed E-state index contributed by atoms with van der Waals surface area (Å²) in [6, 6.07) is 4.01. The summed E-state index contributed by atoms with van der Waals surface area (Å²) < 4.78 is 1.10. The fraction of sp³-hybridized carbons (Fsp3) is 0.444. The van der Waals surface area contributed by atoms with Gasteiger partial charge in [0, 0.05) is 23.8 Å². The molecule has 1 aliphatic rings. The Balaban J connectivity index is 2.13. The standard InChI is InChI=1S/C9H11BrN2/c1-7-5-12(6-7)9-4-8(10)2-3-11-9/h2-4,7H,5-6H2,1H3. The molecule has 1 aromatic rings. The van der Waals surface area contributed by atoms with E-state index in [1.165, 1.54) is 0 Å². The van der Waals surface area contributed by atoms with Crippen LogP contribution in [-0.4, -0.2) is 18.1 Å². The zero-order valence-corrected chi connectivity index (χ0v) is 8.58. The lowest BCUT2D eigenvalue weighted by atomic mass is 10.0. The van der Waals surface area contributed by atoms with Gasteiger partial charge in [0.25, 0.3) is 0 Å². The van der Waals surface area contributed by atoms with Crippen LogP contribution in [0.2, 0.25) is 0 Å². The van der Waals surface area contributed by atoms with Crippen LogP contribution in [0.25, 0.3) is 0 Å². The molecule has 0 bridgehead atoms. The number of hydrogen-bond acceptors (Lipinski definition) is 2. The Morgan fingerprint density at radius 2 is 2.33 bits per heavy atom. The molecule has 2 heterocycles. The molecule has 1 aliphatic heterocycles. The molecule has 12 heavy (non-hydrogen) atoms. The Morgan fingerprint density at radius 1 is 1.58 bits per heavy atom. The van der Waals surface area contributed by atoms with Crippen LogP contribution in [0.15, 0.2) is 22.8 Å². The topological polar surface area (TPSA) is 16.1 Å². The van der Waals surface area contributed by atoms with Crippen molar-refractivity contribution in [2.75, 3.05) is 18.0 Å². The first-order chi connectivity index (χ1) is 5.75. The second kappa shape index (κ2) is 3.05. The highest BCUT2D eigenvalue weighted by atomic mass is 79.9. The monoisotopic (exact) mass is 226 g/mol. The highest BCUT2D eigenvalue weighted by Crippen LogP contribution is 2.23. The molecule has 1 saturated heterocycles. The molecule has 2 nitrogen and oxygen atoms in total. The molecular weight excluding hydrogens is 216 g/mol. The number of nitrogens with zero attached hydrogens (tertiary/aromatic N) is 2. The second-order valence-corrected chi connectivity index (χ2v) is 4.26. The van der Waals surface area contributed by atoms with Gasteiger partial charge in [-0.1, -0.05) is 22.9 Å². The maximum Gasteiger partial charge on any atom is 0.129 e. The smallest absolute Gasteiger partial charge is 0.129 e. The minimum absolute atomic E-state index is 0.825. The van der Waals surface area contributed by atoms with E-state index in [1.807, 2.05) is 12.3 Å². The van der Waals surface area contributed by atoms with Gasteiger partial charge in [-0.25, -0.2) is 4.98 Å². The Kier molecular flexibility index (Phi) is 2.05. The van der Waals surface area contributed by atoms with Crippen LogP contribution in [-0.2, 0) is 0 Å². The molecule has 0 spiro atoms. The van der Waals surface area contributed by atoms with Crippen LogP contribution in [0.5, 0.6) is 0 Å². The number of anilines is 1. The maximum absolute atomic E-state index is 4.29. The number of aromatic nitrogens is 1. The van der Waals surface area contributed by atoms with Crippen LogP contribution in [0, 0.1) is 5.92 Å². The molecule has 64 valence electrons. The van der Waals surface area contributed by atoms with Gasteiger partial charge in [-0.15, -0.1) is 0 Å². The van der Waals surface area contributed by atoms with E-state index in [0.29, 0.717) is 0 Å². The van der Waals surface area contributed by atoms with Crippen molar-refractivity contribution in [3.8, 4) is 0 Å². The number of pyridine rings is 1. The fourth-order valence-corrected chi connectivity index (χ4v) is 1.78. The average Bonchev–Trinajstić information content (AvgIpc) is 1.99. The van der Waals surface area contributed by atoms with Gasteiger partial charge >= 0.3 is 0 Å². The van der Waals surface area contributed by atoms with E-state index in [9.17, 15) is 0 Å². The third-order valence-corrected chi connectivity index (χ3v) is 2.59. The van der Waals surface area contributed by atoms with E-state index >= 15 is 0 Å². The summed E-state index contributed by atoms with van der Waals surface area (Å²) in [7, 11) is 0. The molecule has 0 aliphatic carbocycles. The van der Waals surface area contributed by atoms with Crippen molar-refractivity contribution in [1.82, 2.24) is 4.98 Å². The van der Waals surface area contributed by atoms with Gasteiger partial charge in [-0.2, -0.15) is 0 Å². The molecule has 0 atom stereocenters. The van der Waals surface area contributed by atoms with Gasteiger partial charge in [-0.3, -0.25) is 0 Å². The highest BCUT2D eigenvalue weighted by molar-refractivity contribution is 9.10. The third-order valence-electron chi connectivity index (χ3n) is 2.10. The first kappa shape index (κ1) is 8.05. The average molecular weight is 227 g/mol. The summed E-state index contributed by atoms with van der Waals surface area (Å²) in [4.78, 5) is 6.58. The molecule has 1 aromatic heterocycles. The van der Waals surface area contributed by atoms with Crippen LogP contribution in [0.1, 0.15) is 6.92 Å². The van der Waals surface area contributed by atoms with Gasteiger partial charge < -0.3 is 4.90 Å². The van der Waals surface area contributed by atoms with Gasteiger partial charge in [0.05, 0.1) is 0 Å². The summed E-state index contributed by atoms with van der Waals surface area (Å²) in [6.45, 7) is 4.54. The molecule has 0 saturated carbocycles. The van der Waals surface area contributed by atoms with Crippen LogP contribution in [0.4, 0.5) is 5.82 Å². The molecular formula is C9H11BrN2. The van der Waals surface area contributed by atoms with Crippen molar-refractivity contribution < 1.29 is 0 Å². The Labute approximate surface area is 80.7 Å². The van der Waals surface area contributed by atoms with Crippen molar-refractivity contribution in [3.63, 3.8) is 0 Å². The fourth-order valence-electron chi connectivity index (χ4n) is 1.45. The lowest BCUT2D eigenvalue weighted by Gasteiger charge is -2.38. The predicted octanol–water partition coefficient (Wildman–Crippen LogP) is 2.30. The van der Waals surface area contributed by atoms with Crippen LogP contribution < -0.4 is 4.90 Å². The minimum atomic E-state index is 0.825. The third kappa shape index (κ3) is 1.46. The summed E-state index contributed by atoms with van der Waals surface area (Å²) in [5, 5.41) is 0. The molecule has 0 aromatic carbocycles.